The number of ether oxygens (including phenoxy) is 2. The zero-order valence-electron chi connectivity index (χ0n) is 24.2. The van der Waals surface area contributed by atoms with E-state index in [2.05, 4.69) is 5.32 Å². The van der Waals surface area contributed by atoms with Crippen LogP contribution >= 0.6 is 0 Å². The molecule has 0 aromatic heterocycles. The Morgan fingerprint density at radius 3 is 1.72 bits per heavy atom. The van der Waals surface area contributed by atoms with Crippen LogP contribution in [0.4, 0.5) is 11.4 Å². The van der Waals surface area contributed by atoms with Crippen LogP contribution in [0.3, 0.4) is 0 Å². The molecule has 6 rings (SSSR count). The van der Waals surface area contributed by atoms with Gasteiger partial charge in [0, 0.05) is 5.69 Å². The first-order valence-corrected chi connectivity index (χ1v) is 14.0. The number of hydroxylamine groups is 1. The second kappa shape index (κ2) is 10.7. The topological polar surface area (TPSA) is 94.2 Å². The lowest BCUT2D eigenvalue weighted by atomic mass is 9.66. The summed E-state index contributed by atoms with van der Waals surface area (Å²) >= 11 is 0. The Morgan fingerprint density at radius 2 is 1.23 bits per heavy atom. The van der Waals surface area contributed by atoms with E-state index in [4.69, 9.17) is 14.3 Å². The zero-order chi connectivity index (χ0) is 30.2. The van der Waals surface area contributed by atoms with Crippen molar-refractivity contribution in [3.05, 3.63) is 132 Å². The fraction of sp³-hybridized carbons (Fsp3) is 0.229. The fourth-order valence-electron chi connectivity index (χ4n) is 6.83. The fourth-order valence-corrected chi connectivity index (χ4v) is 6.83. The number of amides is 1. The molecule has 1 amide bonds. The predicted molar refractivity (Wildman–Crippen MR) is 161 cm³/mol. The van der Waals surface area contributed by atoms with Gasteiger partial charge in [-0.3, -0.25) is 19.2 Å². The number of carbonyl (C=O) groups is 3. The van der Waals surface area contributed by atoms with Gasteiger partial charge in [-0.25, -0.2) is 5.06 Å². The molecule has 8 heteroatoms. The molecule has 1 heterocycles. The van der Waals surface area contributed by atoms with E-state index in [1.807, 2.05) is 110 Å². The number of hydrogen-bond acceptors (Lipinski definition) is 7. The Kier molecular flexibility index (Phi) is 7.02. The van der Waals surface area contributed by atoms with E-state index >= 15 is 0 Å². The van der Waals surface area contributed by atoms with Gasteiger partial charge in [-0.05, 0) is 48.7 Å². The zero-order valence-corrected chi connectivity index (χ0v) is 24.2. The monoisotopic (exact) mass is 576 g/mol. The van der Waals surface area contributed by atoms with Crippen molar-refractivity contribution >= 4 is 29.2 Å². The highest BCUT2D eigenvalue weighted by Crippen LogP contribution is 2.80. The molecule has 1 aliphatic carbocycles. The molecule has 8 nitrogen and oxygen atoms in total. The molecule has 4 aromatic rings. The maximum atomic E-state index is 14.6. The molecular formula is C35H32N2O6. The number of benzene rings is 4. The average molecular weight is 577 g/mol. The van der Waals surface area contributed by atoms with Crippen molar-refractivity contribution in [2.45, 2.75) is 25.0 Å². The highest BCUT2D eigenvalue weighted by molar-refractivity contribution is 6.09. The van der Waals surface area contributed by atoms with Crippen LogP contribution in [0, 0.1) is 17.8 Å². The molecule has 2 unspecified atom stereocenters. The summed E-state index contributed by atoms with van der Waals surface area (Å²) in [5.41, 5.74) is -1.33. The summed E-state index contributed by atoms with van der Waals surface area (Å²) in [6.45, 7) is 1.97. The van der Waals surface area contributed by atoms with Gasteiger partial charge < -0.3 is 14.8 Å². The van der Waals surface area contributed by atoms with Crippen molar-refractivity contribution < 1.29 is 28.7 Å². The van der Waals surface area contributed by atoms with E-state index in [1.54, 1.807) is 17.2 Å². The van der Waals surface area contributed by atoms with Gasteiger partial charge in [-0.2, -0.15) is 0 Å². The highest BCUT2D eigenvalue weighted by Gasteiger charge is 2.93. The van der Waals surface area contributed by atoms with Crippen molar-refractivity contribution in [1.82, 2.24) is 0 Å². The third kappa shape index (κ3) is 4.05. The number of nitrogens with zero attached hydrogens (tertiary/aromatic N) is 1. The first-order chi connectivity index (χ1) is 20.9. The predicted octanol–water partition coefficient (Wildman–Crippen LogP) is 5.42. The van der Waals surface area contributed by atoms with E-state index in [1.165, 1.54) is 14.2 Å². The van der Waals surface area contributed by atoms with Crippen molar-refractivity contribution in [2.24, 2.45) is 10.8 Å². The molecule has 0 bridgehead atoms. The smallest absolute Gasteiger partial charge is 0.324 e. The number of para-hydroxylation sites is 1. The molecule has 4 aromatic carbocycles. The summed E-state index contributed by atoms with van der Waals surface area (Å²) in [6.07, 6.45) is -0.0572. The summed E-state index contributed by atoms with van der Waals surface area (Å²) in [5.74, 6) is -2.03. The van der Waals surface area contributed by atoms with E-state index in [-0.39, 0.29) is 6.42 Å². The molecule has 1 N–H and O–H groups in total. The molecule has 1 saturated carbocycles. The lowest BCUT2D eigenvalue weighted by Crippen LogP contribution is -2.52. The Balaban J connectivity index is 1.69. The second-order valence-corrected chi connectivity index (χ2v) is 11.0. The molecule has 1 saturated heterocycles. The minimum Gasteiger partial charge on any atom is -0.468 e. The maximum absolute atomic E-state index is 14.6. The van der Waals surface area contributed by atoms with E-state index < -0.39 is 40.3 Å². The van der Waals surface area contributed by atoms with Crippen LogP contribution in [0.25, 0.3) is 0 Å². The number of aryl methyl sites for hydroxylation is 1. The third-order valence-electron chi connectivity index (χ3n) is 8.75. The maximum Gasteiger partial charge on any atom is 0.324 e. The van der Waals surface area contributed by atoms with Crippen LogP contribution in [0.2, 0.25) is 0 Å². The molecule has 218 valence electrons. The van der Waals surface area contributed by atoms with Gasteiger partial charge in [0.15, 0.2) is 11.0 Å². The summed E-state index contributed by atoms with van der Waals surface area (Å²) in [5, 5.41) is 4.57. The Labute approximate surface area is 250 Å². The van der Waals surface area contributed by atoms with Crippen molar-refractivity contribution in [2.75, 3.05) is 24.6 Å². The minimum atomic E-state index is -1.86. The van der Waals surface area contributed by atoms with E-state index in [0.717, 1.165) is 5.56 Å². The van der Waals surface area contributed by atoms with Crippen molar-refractivity contribution in [3.63, 3.8) is 0 Å². The second-order valence-electron chi connectivity index (χ2n) is 11.0. The van der Waals surface area contributed by atoms with Crippen molar-refractivity contribution in [3.8, 4) is 0 Å². The molecule has 2 atom stereocenters. The van der Waals surface area contributed by atoms with Crippen molar-refractivity contribution in [1.29, 1.82) is 0 Å². The minimum absolute atomic E-state index is 0.0572. The Hall–Kier alpha value is -4.95. The normalized spacial score (nSPS) is 21.2. The lowest BCUT2D eigenvalue weighted by Gasteiger charge is -2.37. The summed E-state index contributed by atoms with van der Waals surface area (Å²) < 4.78 is 10.6. The van der Waals surface area contributed by atoms with Gasteiger partial charge in [0.1, 0.15) is 6.04 Å². The number of esters is 2. The van der Waals surface area contributed by atoms with Gasteiger partial charge in [-0.1, -0.05) is 96.6 Å². The standard InChI is InChI=1S/C35H32N2O6/c1-24-19-21-28(22-20-24)37-29(30(38)36-27-17-11-6-12-18-27)34(23-33(34,31(39)41-2)32(40)42-3)35(43-37,25-13-7-4-8-14-25)26-15-9-5-10-16-26/h4-22,29H,23H2,1-3H3,(H,36,38). The van der Waals surface area contributed by atoms with Crippen LogP contribution in [0.1, 0.15) is 23.1 Å². The lowest BCUT2D eigenvalue weighted by molar-refractivity contribution is -0.166. The van der Waals surface area contributed by atoms with Gasteiger partial charge in [-0.15, -0.1) is 0 Å². The average Bonchev–Trinajstić information content (AvgIpc) is 3.65. The van der Waals surface area contributed by atoms with Crippen LogP contribution < -0.4 is 10.4 Å². The van der Waals surface area contributed by atoms with Gasteiger partial charge in [0.2, 0.25) is 5.91 Å². The molecule has 1 aliphatic heterocycles. The number of anilines is 2. The summed E-state index contributed by atoms with van der Waals surface area (Å²) in [6, 6.07) is 34.2. The molecule has 43 heavy (non-hydrogen) atoms. The van der Waals surface area contributed by atoms with Crippen LogP contribution in [-0.4, -0.2) is 38.1 Å². The van der Waals surface area contributed by atoms with Gasteiger partial charge in [0.25, 0.3) is 0 Å². The van der Waals surface area contributed by atoms with Crippen LogP contribution in [0.15, 0.2) is 115 Å². The molecular weight excluding hydrogens is 544 g/mol. The SMILES string of the molecule is COC(=O)C1(C(=O)OC)CC12C(C(=O)Nc1ccccc1)N(c1ccc(C)cc1)OC2(c1ccccc1)c1ccccc1. The van der Waals surface area contributed by atoms with Gasteiger partial charge >= 0.3 is 11.9 Å². The largest absolute Gasteiger partial charge is 0.468 e. The number of carbonyl (C=O) groups excluding carboxylic acids is 3. The first kappa shape index (κ1) is 28.2. The van der Waals surface area contributed by atoms with Crippen LogP contribution in [-0.2, 0) is 34.3 Å². The number of methoxy groups -OCH3 is 2. The highest BCUT2D eigenvalue weighted by atomic mass is 16.7. The van der Waals surface area contributed by atoms with E-state index in [0.29, 0.717) is 22.5 Å². The van der Waals surface area contributed by atoms with E-state index in [9.17, 15) is 14.4 Å². The third-order valence-corrected chi connectivity index (χ3v) is 8.75. The van der Waals surface area contributed by atoms with Gasteiger partial charge in [0.05, 0.1) is 25.3 Å². The first-order valence-electron chi connectivity index (χ1n) is 14.0. The summed E-state index contributed by atoms with van der Waals surface area (Å²) in [4.78, 5) is 49.5. The number of hydrogen-bond donors (Lipinski definition) is 1. The molecule has 2 fully saturated rings. The Bertz CT molecular complexity index is 1590. The quantitative estimate of drug-likeness (QED) is 0.232. The Morgan fingerprint density at radius 1 is 0.744 bits per heavy atom. The summed E-state index contributed by atoms with van der Waals surface area (Å²) in [7, 11) is 2.47. The number of rotatable bonds is 7. The number of nitrogens with one attached hydrogen (secondary N) is 1. The van der Waals surface area contributed by atoms with Crippen LogP contribution in [0.5, 0.6) is 0 Å². The molecule has 2 aliphatic rings. The molecule has 0 radical (unpaired) electrons. The molecule has 1 spiro atoms.